The number of nitrogens with one attached hydrogen (secondary N) is 2. The van der Waals surface area contributed by atoms with Crippen molar-refractivity contribution in [2.24, 2.45) is 5.92 Å². The first kappa shape index (κ1) is 38.1. The molecule has 0 fully saturated rings. The number of hydrogen-bond acceptors (Lipinski definition) is 7. The van der Waals surface area contributed by atoms with Crippen LogP contribution in [0.5, 0.6) is 5.75 Å². The number of ether oxygens (including phenoxy) is 2. The van der Waals surface area contributed by atoms with Gasteiger partial charge >= 0.3 is 12.1 Å². The van der Waals surface area contributed by atoms with Crippen LogP contribution >= 0.6 is 0 Å². The lowest BCUT2D eigenvalue weighted by Crippen LogP contribution is -2.61. The quantitative estimate of drug-likeness (QED) is 0.240. The number of aromatic hydroxyl groups is 1. The third kappa shape index (κ3) is 11.4. The average molecular weight is 640 g/mol. The molecule has 3 N–H and O–H groups in total. The minimum Gasteiger partial charge on any atom is -0.508 e. The van der Waals surface area contributed by atoms with Gasteiger partial charge in [0.05, 0.1) is 0 Å². The van der Waals surface area contributed by atoms with E-state index >= 15 is 0 Å². The third-order valence-corrected chi connectivity index (χ3v) is 7.37. The largest absolute Gasteiger partial charge is 0.508 e. The highest BCUT2D eigenvalue weighted by atomic mass is 16.6. The number of amides is 3. The summed E-state index contributed by atoms with van der Waals surface area (Å²) < 4.78 is 11.2. The summed E-state index contributed by atoms with van der Waals surface area (Å²) in [7, 11) is 0. The van der Waals surface area contributed by atoms with Crippen molar-refractivity contribution < 1.29 is 33.8 Å². The van der Waals surface area contributed by atoms with E-state index < -0.39 is 58.7 Å². The monoisotopic (exact) mass is 639 g/mol. The fraction of sp³-hybridized carbons (Fsp3) is 0.556. The average Bonchev–Trinajstić information content (AvgIpc) is 2.93. The van der Waals surface area contributed by atoms with E-state index in [4.69, 9.17) is 9.47 Å². The lowest BCUT2D eigenvalue weighted by Gasteiger charge is -2.45. The van der Waals surface area contributed by atoms with Gasteiger partial charge in [0.25, 0.3) is 0 Å². The third-order valence-electron chi connectivity index (χ3n) is 7.37. The van der Waals surface area contributed by atoms with E-state index in [1.54, 1.807) is 67.5 Å². The smallest absolute Gasteiger partial charge is 0.408 e. The summed E-state index contributed by atoms with van der Waals surface area (Å²) in [5.41, 5.74) is -1.28. The van der Waals surface area contributed by atoms with E-state index in [0.717, 1.165) is 5.56 Å². The molecule has 3 atom stereocenters. The predicted molar refractivity (Wildman–Crippen MR) is 178 cm³/mol. The van der Waals surface area contributed by atoms with Gasteiger partial charge in [0, 0.05) is 12.0 Å². The van der Waals surface area contributed by atoms with Gasteiger partial charge in [-0.3, -0.25) is 9.59 Å². The molecule has 2 rings (SSSR count). The second-order valence-corrected chi connectivity index (χ2v) is 14.5. The lowest BCUT2D eigenvalue weighted by atomic mass is 9.90. The molecule has 0 aliphatic rings. The van der Waals surface area contributed by atoms with Crippen molar-refractivity contribution >= 4 is 23.9 Å². The number of phenols is 1. The van der Waals surface area contributed by atoms with Crippen LogP contribution in [0.25, 0.3) is 0 Å². The maximum Gasteiger partial charge on any atom is 0.408 e. The minimum absolute atomic E-state index is 0.0158. The number of alkyl carbamates (subject to hydrolysis) is 1. The summed E-state index contributed by atoms with van der Waals surface area (Å²) in [4.78, 5) is 57.0. The number of benzene rings is 2. The molecule has 10 heteroatoms. The topological polar surface area (TPSA) is 134 Å². The Kier molecular flexibility index (Phi) is 12.8. The Bertz CT molecular complexity index is 1330. The summed E-state index contributed by atoms with van der Waals surface area (Å²) in [6.45, 7) is 19.6. The maximum atomic E-state index is 14.6. The number of esters is 1. The van der Waals surface area contributed by atoms with Crippen molar-refractivity contribution in [3.05, 3.63) is 65.7 Å². The summed E-state index contributed by atoms with van der Waals surface area (Å²) in [6.07, 6.45) is -0.145. The summed E-state index contributed by atoms with van der Waals surface area (Å²) in [5.74, 6) is -2.12. The van der Waals surface area contributed by atoms with Crippen molar-refractivity contribution in [3.63, 3.8) is 0 Å². The van der Waals surface area contributed by atoms with Gasteiger partial charge in [-0.05, 0) is 91.0 Å². The van der Waals surface area contributed by atoms with Crippen LogP contribution in [0.3, 0.4) is 0 Å². The number of hydrogen-bond donors (Lipinski definition) is 3. The van der Waals surface area contributed by atoms with Crippen LogP contribution in [-0.4, -0.2) is 62.7 Å². The van der Waals surface area contributed by atoms with Crippen molar-refractivity contribution in [2.45, 2.75) is 124 Å². The molecule has 0 aromatic heterocycles. The molecule has 0 radical (unpaired) electrons. The SMILES string of the molecule is CCC(C)(C)N(C(=O)C(NC(=O)OC(C)(C)C)C(C)C)C(C(=O)NC(Cc1ccccc1)C(=O)OC(C)(C)C)c1ccc(O)cc1. The number of rotatable bonds is 12. The first-order valence-corrected chi connectivity index (χ1v) is 15.8. The van der Waals surface area contributed by atoms with E-state index in [9.17, 15) is 24.3 Å². The van der Waals surface area contributed by atoms with Crippen molar-refractivity contribution in [1.29, 1.82) is 0 Å². The molecule has 2 aromatic carbocycles. The van der Waals surface area contributed by atoms with Gasteiger partial charge in [0.2, 0.25) is 11.8 Å². The van der Waals surface area contributed by atoms with Gasteiger partial charge in [-0.1, -0.05) is 63.2 Å². The Balaban J connectivity index is 2.68. The number of carbonyl (C=O) groups excluding carboxylic acids is 4. The van der Waals surface area contributed by atoms with E-state index in [1.165, 1.54) is 17.0 Å². The molecule has 10 nitrogen and oxygen atoms in total. The molecule has 0 spiro atoms. The molecule has 0 aliphatic heterocycles. The van der Waals surface area contributed by atoms with Crippen LogP contribution in [0, 0.1) is 5.92 Å². The van der Waals surface area contributed by atoms with Crippen LogP contribution in [0.15, 0.2) is 54.6 Å². The summed E-state index contributed by atoms with van der Waals surface area (Å²) >= 11 is 0. The molecule has 0 bridgehead atoms. The number of nitrogens with zero attached hydrogens (tertiary/aromatic N) is 1. The zero-order chi connectivity index (χ0) is 35.0. The molecule has 3 amide bonds. The van der Waals surface area contributed by atoms with Gasteiger partial charge in [0.15, 0.2) is 0 Å². The van der Waals surface area contributed by atoms with Crippen molar-refractivity contribution in [3.8, 4) is 5.75 Å². The molecule has 0 saturated carbocycles. The van der Waals surface area contributed by atoms with Crippen LogP contribution in [0.1, 0.15) is 99.8 Å². The van der Waals surface area contributed by atoms with Gasteiger partial charge in [-0.15, -0.1) is 0 Å². The Morgan fingerprint density at radius 3 is 1.83 bits per heavy atom. The highest BCUT2D eigenvalue weighted by Gasteiger charge is 2.44. The van der Waals surface area contributed by atoms with E-state index in [1.807, 2.05) is 51.1 Å². The Morgan fingerprint density at radius 1 is 0.804 bits per heavy atom. The molecule has 46 heavy (non-hydrogen) atoms. The number of phenolic OH excluding ortho intramolecular Hbond substituents is 1. The standard InChI is InChI=1S/C36H53N3O7/c1-12-36(10,11)39(31(42)28(23(2)3)38-33(44)46-35(7,8)9)29(25-18-20-26(40)21-19-25)30(41)37-27(32(43)45-34(4,5)6)22-24-16-14-13-15-17-24/h13-21,23,27-29,40H,12,22H2,1-11H3,(H,37,41)(H,38,44). The fourth-order valence-electron chi connectivity index (χ4n) is 4.78. The van der Waals surface area contributed by atoms with E-state index in [0.29, 0.717) is 12.0 Å². The van der Waals surface area contributed by atoms with E-state index in [-0.39, 0.29) is 18.1 Å². The lowest BCUT2D eigenvalue weighted by molar-refractivity contribution is -0.159. The maximum absolute atomic E-state index is 14.6. The minimum atomic E-state index is -1.24. The van der Waals surface area contributed by atoms with Gasteiger partial charge in [0.1, 0.15) is 35.1 Å². The molecular weight excluding hydrogens is 586 g/mol. The Labute approximate surface area is 274 Å². The van der Waals surface area contributed by atoms with E-state index in [2.05, 4.69) is 10.6 Å². The van der Waals surface area contributed by atoms with Crippen LogP contribution < -0.4 is 10.6 Å². The first-order valence-electron chi connectivity index (χ1n) is 15.8. The highest BCUT2D eigenvalue weighted by molar-refractivity contribution is 5.94. The first-order chi connectivity index (χ1) is 21.1. The zero-order valence-electron chi connectivity index (χ0n) is 29.3. The van der Waals surface area contributed by atoms with Crippen LogP contribution in [0.2, 0.25) is 0 Å². The molecule has 254 valence electrons. The molecule has 0 saturated heterocycles. The molecule has 0 aliphatic carbocycles. The molecule has 0 heterocycles. The predicted octanol–water partition coefficient (Wildman–Crippen LogP) is 6.07. The highest BCUT2D eigenvalue weighted by Crippen LogP contribution is 2.34. The normalized spacial score (nSPS) is 14.1. The van der Waals surface area contributed by atoms with Crippen LogP contribution in [0.4, 0.5) is 4.79 Å². The Morgan fingerprint density at radius 2 is 1.35 bits per heavy atom. The second-order valence-electron chi connectivity index (χ2n) is 14.5. The molecule has 2 aromatic rings. The number of carbonyl (C=O) groups is 4. The summed E-state index contributed by atoms with van der Waals surface area (Å²) in [6, 6.07) is 11.9. The molecular formula is C36H53N3O7. The second kappa shape index (κ2) is 15.5. The van der Waals surface area contributed by atoms with Gasteiger partial charge < -0.3 is 30.1 Å². The molecule has 3 unspecified atom stereocenters. The fourth-order valence-corrected chi connectivity index (χ4v) is 4.78. The van der Waals surface area contributed by atoms with Gasteiger partial charge in [-0.25, -0.2) is 9.59 Å². The van der Waals surface area contributed by atoms with Gasteiger partial charge in [-0.2, -0.15) is 0 Å². The summed E-state index contributed by atoms with van der Waals surface area (Å²) in [5, 5.41) is 15.7. The zero-order valence-corrected chi connectivity index (χ0v) is 29.3. The van der Waals surface area contributed by atoms with Crippen molar-refractivity contribution in [2.75, 3.05) is 0 Å². The van der Waals surface area contributed by atoms with Crippen molar-refractivity contribution in [1.82, 2.24) is 15.5 Å². The van der Waals surface area contributed by atoms with Crippen LogP contribution in [-0.2, 0) is 30.3 Å². The Hall–Kier alpha value is -4.08.